The minimum Gasteiger partial charge on any atom is -0.397 e. The van der Waals surface area contributed by atoms with Crippen LogP contribution < -0.4 is 21.8 Å². The van der Waals surface area contributed by atoms with Crippen molar-refractivity contribution in [2.75, 3.05) is 23.7 Å². The number of H-pyrrole nitrogens is 2. The van der Waals surface area contributed by atoms with E-state index < -0.39 is 0 Å². The Labute approximate surface area is 142 Å². The second kappa shape index (κ2) is 8.57. The number of fused-ring (bicyclic) bond motifs is 1. The summed E-state index contributed by atoms with van der Waals surface area (Å²) in [6.07, 6.45) is 7.40. The molecule has 6 nitrogen and oxygen atoms in total. The standard InChI is InChI=1S/C18H28N4O2/c1-3-5-6-7-8-9-10-22(4-2)16-12-14-13(11-15(16)19)17(23)20-21-18(14)24/h11-12H,3-10,19H2,1-2H3,(H,20,23)(H,21,24). The van der Waals surface area contributed by atoms with Gasteiger partial charge in [-0.2, -0.15) is 0 Å². The summed E-state index contributed by atoms with van der Waals surface area (Å²) in [5.41, 5.74) is 6.87. The van der Waals surface area contributed by atoms with Crippen LogP contribution in [0.2, 0.25) is 0 Å². The van der Waals surface area contributed by atoms with Crippen molar-refractivity contribution in [3.8, 4) is 0 Å². The molecule has 0 fully saturated rings. The van der Waals surface area contributed by atoms with E-state index in [0.29, 0.717) is 16.5 Å². The quantitative estimate of drug-likeness (QED) is 0.486. The number of nitrogen functional groups attached to an aromatic ring is 1. The highest BCUT2D eigenvalue weighted by molar-refractivity contribution is 5.90. The topological polar surface area (TPSA) is 95.0 Å². The average molecular weight is 332 g/mol. The first kappa shape index (κ1) is 18.1. The molecule has 1 aromatic heterocycles. The van der Waals surface area contributed by atoms with Gasteiger partial charge in [0.05, 0.1) is 22.1 Å². The lowest BCUT2D eigenvalue weighted by Gasteiger charge is -2.25. The molecule has 0 amide bonds. The Balaban J connectivity index is 2.16. The normalized spacial score (nSPS) is 11.1. The lowest BCUT2D eigenvalue weighted by molar-refractivity contribution is 0.601. The lowest BCUT2D eigenvalue weighted by atomic mass is 10.1. The molecule has 24 heavy (non-hydrogen) atoms. The number of nitrogens with one attached hydrogen (secondary N) is 2. The van der Waals surface area contributed by atoms with Crippen molar-refractivity contribution < 1.29 is 0 Å². The van der Waals surface area contributed by atoms with Crippen LogP contribution in [0.4, 0.5) is 11.4 Å². The molecule has 2 aromatic rings. The van der Waals surface area contributed by atoms with Crippen molar-refractivity contribution in [3.63, 3.8) is 0 Å². The Morgan fingerprint density at radius 3 is 2.12 bits per heavy atom. The lowest BCUT2D eigenvalue weighted by Crippen LogP contribution is -2.26. The van der Waals surface area contributed by atoms with Gasteiger partial charge >= 0.3 is 0 Å². The predicted octanol–water partition coefficient (Wildman–Crippen LogP) is 2.99. The number of nitrogens with zero attached hydrogens (tertiary/aromatic N) is 1. The molecule has 4 N–H and O–H groups in total. The van der Waals surface area contributed by atoms with Crippen molar-refractivity contribution >= 4 is 22.1 Å². The molecule has 0 saturated carbocycles. The molecule has 132 valence electrons. The number of unbranched alkanes of at least 4 members (excludes halogenated alkanes) is 5. The zero-order chi connectivity index (χ0) is 17.5. The van der Waals surface area contributed by atoms with Gasteiger partial charge in [0.1, 0.15) is 0 Å². The van der Waals surface area contributed by atoms with Gasteiger partial charge in [-0.25, -0.2) is 0 Å². The summed E-state index contributed by atoms with van der Waals surface area (Å²) < 4.78 is 0. The smallest absolute Gasteiger partial charge is 0.270 e. The summed E-state index contributed by atoms with van der Waals surface area (Å²) in [4.78, 5) is 26.0. The van der Waals surface area contributed by atoms with E-state index in [9.17, 15) is 9.59 Å². The van der Waals surface area contributed by atoms with Crippen LogP contribution in [0.5, 0.6) is 0 Å². The minimum atomic E-state index is -0.332. The van der Waals surface area contributed by atoms with Crippen LogP contribution in [0.15, 0.2) is 21.7 Å². The number of benzene rings is 1. The summed E-state index contributed by atoms with van der Waals surface area (Å²) in [7, 11) is 0. The second-order valence-corrected chi connectivity index (χ2v) is 6.21. The Kier molecular flexibility index (Phi) is 6.46. The van der Waals surface area contributed by atoms with Crippen LogP contribution in [0.25, 0.3) is 10.8 Å². The van der Waals surface area contributed by atoms with Gasteiger partial charge in [-0.3, -0.25) is 19.8 Å². The maximum atomic E-state index is 12.0. The van der Waals surface area contributed by atoms with E-state index in [1.54, 1.807) is 12.1 Å². The van der Waals surface area contributed by atoms with Gasteiger partial charge in [0.25, 0.3) is 11.1 Å². The van der Waals surface area contributed by atoms with E-state index in [1.165, 1.54) is 32.1 Å². The highest BCUT2D eigenvalue weighted by Crippen LogP contribution is 2.26. The molecule has 0 radical (unpaired) electrons. The van der Waals surface area contributed by atoms with Crippen LogP contribution in [0, 0.1) is 0 Å². The molecule has 0 saturated heterocycles. The summed E-state index contributed by atoms with van der Waals surface area (Å²) >= 11 is 0. The van der Waals surface area contributed by atoms with Gasteiger partial charge < -0.3 is 10.6 Å². The van der Waals surface area contributed by atoms with Crippen molar-refractivity contribution in [3.05, 3.63) is 32.8 Å². The maximum Gasteiger partial charge on any atom is 0.270 e. The molecule has 0 atom stereocenters. The Morgan fingerprint density at radius 2 is 1.50 bits per heavy atom. The van der Waals surface area contributed by atoms with Crippen molar-refractivity contribution in [1.29, 1.82) is 0 Å². The third-order valence-corrected chi connectivity index (χ3v) is 4.45. The Bertz CT molecular complexity index is 779. The van der Waals surface area contributed by atoms with Gasteiger partial charge in [-0.1, -0.05) is 39.0 Å². The van der Waals surface area contributed by atoms with Crippen LogP contribution >= 0.6 is 0 Å². The van der Waals surface area contributed by atoms with Crippen LogP contribution in [-0.2, 0) is 0 Å². The zero-order valence-electron chi connectivity index (χ0n) is 14.7. The Morgan fingerprint density at radius 1 is 0.917 bits per heavy atom. The third kappa shape index (κ3) is 4.19. The molecule has 0 unspecified atom stereocenters. The predicted molar refractivity (Wildman–Crippen MR) is 101 cm³/mol. The Hall–Kier alpha value is -2.24. The molecule has 2 rings (SSSR count). The molecule has 0 aliphatic carbocycles. The zero-order valence-corrected chi connectivity index (χ0v) is 14.7. The largest absolute Gasteiger partial charge is 0.397 e. The van der Waals surface area contributed by atoms with Crippen LogP contribution in [0.3, 0.4) is 0 Å². The number of anilines is 2. The fourth-order valence-electron chi connectivity index (χ4n) is 3.03. The fraction of sp³-hybridized carbons (Fsp3) is 0.556. The van der Waals surface area contributed by atoms with Gasteiger partial charge in [0.15, 0.2) is 0 Å². The van der Waals surface area contributed by atoms with Gasteiger partial charge in [0, 0.05) is 13.1 Å². The molecular weight excluding hydrogens is 304 g/mol. The first-order chi connectivity index (χ1) is 11.6. The number of aromatic nitrogens is 2. The molecule has 0 spiro atoms. The molecule has 6 heteroatoms. The van der Waals surface area contributed by atoms with Crippen LogP contribution in [0.1, 0.15) is 52.4 Å². The van der Waals surface area contributed by atoms with Crippen molar-refractivity contribution in [2.24, 2.45) is 0 Å². The molecule has 1 heterocycles. The minimum absolute atomic E-state index is 0.304. The highest BCUT2D eigenvalue weighted by Gasteiger charge is 2.12. The summed E-state index contributed by atoms with van der Waals surface area (Å²) in [6, 6.07) is 3.34. The van der Waals surface area contributed by atoms with Crippen LogP contribution in [-0.4, -0.2) is 23.3 Å². The first-order valence-corrected chi connectivity index (χ1v) is 8.87. The summed E-state index contributed by atoms with van der Waals surface area (Å²) in [5, 5.41) is 5.40. The monoisotopic (exact) mass is 332 g/mol. The number of hydrogen-bond donors (Lipinski definition) is 3. The van der Waals surface area contributed by atoms with Gasteiger partial charge in [-0.15, -0.1) is 0 Å². The van der Waals surface area contributed by atoms with E-state index in [0.717, 1.165) is 25.2 Å². The molecular formula is C18H28N4O2. The summed E-state index contributed by atoms with van der Waals surface area (Å²) in [5.74, 6) is 0. The number of nitrogens with two attached hydrogens (primary N) is 1. The molecule has 0 aliphatic heterocycles. The first-order valence-electron chi connectivity index (χ1n) is 8.87. The SMILES string of the molecule is CCCCCCCCN(CC)c1cc2c(=O)[nH][nH]c(=O)c2cc1N. The molecule has 0 aliphatic rings. The number of hydrogen-bond acceptors (Lipinski definition) is 4. The van der Waals surface area contributed by atoms with E-state index in [1.807, 2.05) is 0 Å². The molecule has 1 aromatic carbocycles. The van der Waals surface area contributed by atoms with E-state index in [4.69, 9.17) is 5.73 Å². The van der Waals surface area contributed by atoms with Gasteiger partial charge in [-0.05, 0) is 25.5 Å². The number of rotatable bonds is 9. The fourth-order valence-corrected chi connectivity index (χ4v) is 3.03. The van der Waals surface area contributed by atoms with E-state index in [2.05, 4.69) is 28.9 Å². The van der Waals surface area contributed by atoms with Gasteiger partial charge in [0.2, 0.25) is 0 Å². The maximum absolute atomic E-state index is 12.0. The van der Waals surface area contributed by atoms with E-state index in [-0.39, 0.29) is 11.1 Å². The van der Waals surface area contributed by atoms with Crippen molar-refractivity contribution in [2.45, 2.75) is 52.4 Å². The average Bonchev–Trinajstić information content (AvgIpc) is 2.58. The number of aromatic amines is 2. The molecule has 0 bridgehead atoms. The highest BCUT2D eigenvalue weighted by atomic mass is 16.1. The third-order valence-electron chi connectivity index (χ3n) is 4.45. The van der Waals surface area contributed by atoms with Crippen molar-refractivity contribution in [1.82, 2.24) is 10.2 Å². The second-order valence-electron chi connectivity index (χ2n) is 6.21. The summed E-state index contributed by atoms with van der Waals surface area (Å²) in [6.45, 7) is 6.00. The van der Waals surface area contributed by atoms with E-state index >= 15 is 0 Å².